The number of para-hydroxylation sites is 2. The highest BCUT2D eigenvalue weighted by Crippen LogP contribution is 2.70. The number of fused-ring (bicyclic) bond motifs is 12. The van der Waals surface area contributed by atoms with Crippen LogP contribution in [0.1, 0.15) is 22.3 Å². The van der Waals surface area contributed by atoms with Crippen molar-refractivity contribution in [2.45, 2.75) is 5.41 Å². The van der Waals surface area contributed by atoms with Crippen LogP contribution in [0.5, 0.6) is 0 Å². The summed E-state index contributed by atoms with van der Waals surface area (Å²) in [4.78, 5) is 2.69. The van der Waals surface area contributed by atoms with Crippen molar-refractivity contribution >= 4 is 60.4 Å². The van der Waals surface area contributed by atoms with Crippen LogP contribution < -0.4 is 4.90 Å². The largest absolute Gasteiger partial charge is 0.309 e. The van der Waals surface area contributed by atoms with E-state index in [0.29, 0.717) is 0 Å². The number of nitrogens with zero attached hydrogens (tertiary/aromatic N) is 2. The molecule has 1 spiro atoms. The lowest BCUT2D eigenvalue weighted by Gasteiger charge is -2.50. The average Bonchev–Trinajstić information content (AvgIpc) is 3.80. The molecule has 1 aromatic heterocycles. The standard InChI is InChI=1S/C57H32N2/c1-2-15-36(16-3-1)58-49-25-9-6-19-42(49)53-37(20-12-26-50(53)58)35-31-43-40-21-10-13-33-27-29-47-55(51(33)40)59-54(43)44(32-35)41-22-11-14-34-28-30-48(56(59)52(34)41)57(47)45-23-7-4-17-38(45)39-18-5-8-24-46(39)57/h1-32H. The normalized spacial score (nSPS) is 14.2. The van der Waals surface area contributed by atoms with Gasteiger partial charge in [-0.1, -0.05) is 158 Å². The van der Waals surface area contributed by atoms with Gasteiger partial charge in [0.25, 0.3) is 0 Å². The molecule has 15 rings (SSSR count). The van der Waals surface area contributed by atoms with Gasteiger partial charge in [0.05, 0.1) is 33.5 Å². The van der Waals surface area contributed by atoms with Crippen molar-refractivity contribution in [3.8, 4) is 50.2 Å². The summed E-state index contributed by atoms with van der Waals surface area (Å²) in [6.07, 6.45) is 0. The maximum atomic E-state index is 2.69. The first-order valence-electron chi connectivity index (χ1n) is 20.7. The Kier molecular flexibility index (Phi) is 5.39. The summed E-state index contributed by atoms with van der Waals surface area (Å²) in [5.41, 5.74) is 22.9. The molecule has 0 amide bonds. The van der Waals surface area contributed by atoms with Gasteiger partial charge in [0.2, 0.25) is 0 Å². The minimum atomic E-state index is -0.464. The van der Waals surface area contributed by atoms with E-state index in [2.05, 4.69) is 204 Å². The first-order valence-corrected chi connectivity index (χ1v) is 20.7. The van der Waals surface area contributed by atoms with E-state index in [1.54, 1.807) is 0 Å². The molecule has 1 aliphatic carbocycles. The smallest absolute Gasteiger partial charge is 0.0754 e. The molecule has 4 heterocycles. The van der Waals surface area contributed by atoms with Gasteiger partial charge in [0.15, 0.2) is 0 Å². The lowest BCUT2D eigenvalue weighted by atomic mass is 9.62. The predicted molar refractivity (Wildman–Crippen MR) is 245 cm³/mol. The molecule has 2 heteroatoms. The van der Waals surface area contributed by atoms with Crippen molar-refractivity contribution in [1.82, 2.24) is 4.57 Å². The number of hydrogen-bond donors (Lipinski definition) is 0. The summed E-state index contributed by atoms with van der Waals surface area (Å²) in [7, 11) is 0. The molecule has 270 valence electrons. The molecule has 4 aliphatic rings. The van der Waals surface area contributed by atoms with Crippen molar-refractivity contribution < 1.29 is 0 Å². The van der Waals surface area contributed by atoms with Crippen molar-refractivity contribution in [3.63, 3.8) is 0 Å². The zero-order valence-electron chi connectivity index (χ0n) is 31.9. The van der Waals surface area contributed by atoms with Crippen LogP contribution in [0.3, 0.4) is 0 Å². The van der Waals surface area contributed by atoms with Crippen LogP contribution in [0.2, 0.25) is 0 Å². The minimum Gasteiger partial charge on any atom is -0.309 e. The van der Waals surface area contributed by atoms with Crippen LogP contribution in [-0.2, 0) is 5.41 Å². The monoisotopic (exact) mass is 744 g/mol. The molecule has 0 unspecified atom stereocenters. The quantitative estimate of drug-likeness (QED) is 0.171. The fraction of sp³-hybridized carbons (Fsp3) is 0.0175. The zero-order valence-corrected chi connectivity index (χ0v) is 31.9. The number of hydrogen-bond acceptors (Lipinski definition) is 1. The van der Waals surface area contributed by atoms with Gasteiger partial charge in [0.1, 0.15) is 0 Å². The van der Waals surface area contributed by atoms with Crippen LogP contribution in [0.15, 0.2) is 194 Å². The van der Waals surface area contributed by atoms with Gasteiger partial charge in [-0.25, -0.2) is 0 Å². The zero-order chi connectivity index (χ0) is 38.1. The molecule has 0 atom stereocenters. The molecule has 0 saturated carbocycles. The van der Waals surface area contributed by atoms with Gasteiger partial charge >= 0.3 is 0 Å². The Morgan fingerprint density at radius 3 is 1.51 bits per heavy atom. The molecule has 11 aromatic rings. The van der Waals surface area contributed by atoms with Crippen LogP contribution in [0.25, 0.3) is 93.5 Å². The van der Waals surface area contributed by atoms with Gasteiger partial charge < -0.3 is 9.47 Å². The third-order valence-corrected chi connectivity index (χ3v) is 14.2. The molecule has 3 aliphatic heterocycles. The van der Waals surface area contributed by atoms with E-state index in [4.69, 9.17) is 0 Å². The van der Waals surface area contributed by atoms with Crippen LogP contribution in [0.4, 0.5) is 17.1 Å². The fourth-order valence-corrected chi connectivity index (χ4v) is 12.1. The Morgan fingerprint density at radius 2 is 0.847 bits per heavy atom. The van der Waals surface area contributed by atoms with E-state index >= 15 is 0 Å². The Bertz CT molecular complexity index is 3570. The van der Waals surface area contributed by atoms with Crippen LogP contribution in [-0.4, -0.2) is 4.57 Å². The van der Waals surface area contributed by atoms with Gasteiger partial charge in [-0.2, -0.15) is 0 Å². The van der Waals surface area contributed by atoms with Crippen molar-refractivity contribution in [1.29, 1.82) is 0 Å². The van der Waals surface area contributed by atoms with Crippen molar-refractivity contribution in [2.24, 2.45) is 0 Å². The Labute approximate surface area is 340 Å². The van der Waals surface area contributed by atoms with Gasteiger partial charge in [0, 0.05) is 38.4 Å². The lowest BCUT2D eigenvalue weighted by molar-refractivity contribution is 0.756. The summed E-state index contributed by atoms with van der Waals surface area (Å²) in [6, 6.07) is 73.5. The van der Waals surface area contributed by atoms with Gasteiger partial charge in [-0.3, -0.25) is 0 Å². The Balaban J connectivity index is 1.11. The molecule has 0 bridgehead atoms. The summed E-state index contributed by atoms with van der Waals surface area (Å²) in [5, 5.41) is 7.77. The summed E-state index contributed by atoms with van der Waals surface area (Å²) < 4.78 is 2.43. The first kappa shape index (κ1) is 30.5. The molecule has 0 fully saturated rings. The lowest BCUT2D eigenvalue weighted by Crippen LogP contribution is -2.38. The summed E-state index contributed by atoms with van der Waals surface area (Å²) in [6.45, 7) is 0. The van der Waals surface area contributed by atoms with Crippen LogP contribution >= 0.6 is 0 Å². The molecule has 0 radical (unpaired) electrons. The summed E-state index contributed by atoms with van der Waals surface area (Å²) >= 11 is 0. The number of rotatable bonds is 2. The topological polar surface area (TPSA) is 8.17 Å². The third-order valence-electron chi connectivity index (χ3n) is 14.2. The second-order valence-corrected chi connectivity index (χ2v) is 16.7. The second-order valence-electron chi connectivity index (χ2n) is 16.7. The van der Waals surface area contributed by atoms with E-state index in [1.807, 2.05) is 0 Å². The number of aromatic nitrogens is 1. The average molecular weight is 745 g/mol. The van der Waals surface area contributed by atoms with Crippen molar-refractivity contribution in [3.05, 3.63) is 216 Å². The van der Waals surface area contributed by atoms with E-state index in [-0.39, 0.29) is 0 Å². The molecule has 59 heavy (non-hydrogen) atoms. The maximum absolute atomic E-state index is 2.69. The Morgan fingerprint density at radius 1 is 0.322 bits per heavy atom. The molecular weight excluding hydrogens is 713 g/mol. The summed E-state index contributed by atoms with van der Waals surface area (Å²) in [5.74, 6) is 0. The second kappa shape index (κ2) is 10.4. The molecule has 0 N–H and O–H groups in total. The van der Waals surface area contributed by atoms with Crippen LogP contribution in [0, 0.1) is 0 Å². The van der Waals surface area contributed by atoms with Crippen molar-refractivity contribution in [2.75, 3.05) is 4.90 Å². The molecule has 0 saturated heterocycles. The van der Waals surface area contributed by atoms with E-state index in [9.17, 15) is 0 Å². The Hall–Kier alpha value is -7.68. The fourth-order valence-electron chi connectivity index (χ4n) is 12.1. The maximum Gasteiger partial charge on any atom is 0.0754 e. The van der Waals surface area contributed by atoms with E-state index in [1.165, 1.54) is 133 Å². The number of anilines is 3. The van der Waals surface area contributed by atoms with Gasteiger partial charge in [-0.15, -0.1) is 0 Å². The van der Waals surface area contributed by atoms with E-state index in [0.717, 1.165) is 0 Å². The third kappa shape index (κ3) is 3.42. The molecular formula is C57H32N2. The minimum absolute atomic E-state index is 0.464. The molecule has 2 nitrogen and oxygen atoms in total. The highest BCUT2D eigenvalue weighted by Gasteiger charge is 2.54. The van der Waals surface area contributed by atoms with E-state index < -0.39 is 5.41 Å². The number of benzene rings is 10. The highest BCUT2D eigenvalue weighted by molar-refractivity contribution is 6.27. The highest BCUT2D eigenvalue weighted by atomic mass is 15.2. The predicted octanol–water partition coefficient (Wildman–Crippen LogP) is 14.9. The SMILES string of the molecule is c1ccc(-n2c3ccccc3c3c(-c4cc5c6c(c4)-c4cccc7ccc8c(c47)N6c4c(ccc6cccc-5c46)C84c5ccccc5-c5ccccc54)cccc32)cc1. The van der Waals surface area contributed by atoms with Gasteiger partial charge in [-0.05, 0) is 103 Å². The first-order chi connectivity index (χ1) is 29.3. The molecule has 10 aromatic carbocycles.